The van der Waals surface area contributed by atoms with Crippen molar-refractivity contribution in [1.29, 1.82) is 0 Å². The van der Waals surface area contributed by atoms with Gasteiger partial charge in [0.25, 0.3) is 0 Å². The first-order valence-electron chi connectivity index (χ1n) is 10.1. The molecule has 2 aliphatic carbocycles. The number of halogens is 3. The largest absolute Gasteiger partial charge is 0.378 e. The number of fused-ring (bicyclic) bond motifs is 1. The van der Waals surface area contributed by atoms with E-state index >= 15 is 0 Å². The number of alkyl halides is 3. The van der Waals surface area contributed by atoms with Gasteiger partial charge in [0, 0.05) is 19.6 Å². The van der Waals surface area contributed by atoms with E-state index in [1.165, 1.54) is 20.0 Å². The van der Waals surface area contributed by atoms with Crippen molar-refractivity contribution in [2.75, 3.05) is 13.7 Å². The van der Waals surface area contributed by atoms with Crippen molar-refractivity contribution in [3.63, 3.8) is 0 Å². The lowest BCUT2D eigenvalue weighted by Crippen LogP contribution is -2.55. The Bertz CT molecular complexity index is 380. The van der Waals surface area contributed by atoms with Crippen molar-refractivity contribution >= 4 is 0 Å². The maximum absolute atomic E-state index is 14.5. The SMILES string of the molecule is CCCC(C)CCCCOC1CC2CCC(OC)C(F)C2C(F)C1F. The monoisotopic (exact) mass is 364 g/mol. The topological polar surface area (TPSA) is 18.5 Å². The Kier molecular flexibility index (Phi) is 8.53. The predicted octanol–water partition coefficient (Wildman–Crippen LogP) is 5.44. The predicted molar refractivity (Wildman–Crippen MR) is 94.0 cm³/mol. The third-order valence-corrected chi connectivity index (χ3v) is 6.16. The van der Waals surface area contributed by atoms with E-state index in [9.17, 15) is 13.2 Å². The first-order chi connectivity index (χ1) is 12.0. The molecule has 0 aromatic heterocycles. The van der Waals surface area contributed by atoms with Gasteiger partial charge >= 0.3 is 0 Å². The Balaban J connectivity index is 1.77. The Morgan fingerprint density at radius 1 is 0.960 bits per heavy atom. The van der Waals surface area contributed by atoms with Crippen molar-refractivity contribution in [3.05, 3.63) is 0 Å². The van der Waals surface area contributed by atoms with Crippen LogP contribution in [0.2, 0.25) is 0 Å². The van der Waals surface area contributed by atoms with E-state index < -0.39 is 36.6 Å². The summed E-state index contributed by atoms with van der Waals surface area (Å²) >= 11 is 0. The summed E-state index contributed by atoms with van der Waals surface area (Å²) in [6.45, 7) is 4.90. The van der Waals surface area contributed by atoms with E-state index in [1.54, 1.807) is 0 Å². The molecule has 0 spiro atoms. The van der Waals surface area contributed by atoms with E-state index in [0.717, 1.165) is 19.3 Å². The first-order valence-corrected chi connectivity index (χ1v) is 10.1. The molecule has 0 heterocycles. The van der Waals surface area contributed by atoms with Gasteiger partial charge in [-0.15, -0.1) is 0 Å². The van der Waals surface area contributed by atoms with Gasteiger partial charge in [-0.2, -0.15) is 0 Å². The van der Waals surface area contributed by atoms with Crippen LogP contribution in [0, 0.1) is 17.8 Å². The standard InChI is InChI=1S/C20H35F3O2/c1-4-7-13(2)8-5-6-11-25-16-12-14-9-10-15(24-3)18(21)17(14)20(23)19(16)22/h13-20H,4-12H2,1-3H3. The number of hydrogen-bond acceptors (Lipinski definition) is 2. The average Bonchev–Trinajstić information content (AvgIpc) is 2.59. The zero-order valence-electron chi connectivity index (χ0n) is 15.9. The van der Waals surface area contributed by atoms with E-state index in [0.29, 0.717) is 31.8 Å². The minimum Gasteiger partial charge on any atom is -0.378 e. The minimum absolute atomic E-state index is 0.141. The Morgan fingerprint density at radius 2 is 1.72 bits per heavy atom. The number of unbranched alkanes of at least 4 members (excludes halogenated alkanes) is 1. The van der Waals surface area contributed by atoms with Crippen molar-refractivity contribution in [1.82, 2.24) is 0 Å². The van der Waals surface area contributed by atoms with E-state index in [-0.39, 0.29) is 5.92 Å². The second kappa shape index (κ2) is 10.1. The lowest BCUT2D eigenvalue weighted by atomic mass is 9.66. The molecule has 8 atom stereocenters. The van der Waals surface area contributed by atoms with Crippen LogP contribution in [0.5, 0.6) is 0 Å². The number of hydrogen-bond donors (Lipinski definition) is 0. The van der Waals surface area contributed by atoms with Gasteiger partial charge in [0.05, 0.1) is 12.2 Å². The molecule has 0 aromatic carbocycles. The Hall–Kier alpha value is -0.290. The highest BCUT2D eigenvalue weighted by molar-refractivity contribution is 5.01. The van der Waals surface area contributed by atoms with Crippen molar-refractivity contribution in [3.8, 4) is 0 Å². The fourth-order valence-corrected chi connectivity index (χ4v) is 4.67. The summed E-state index contributed by atoms with van der Waals surface area (Å²) < 4.78 is 54.2. The van der Waals surface area contributed by atoms with Crippen LogP contribution in [0.15, 0.2) is 0 Å². The fourth-order valence-electron chi connectivity index (χ4n) is 4.67. The highest BCUT2D eigenvalue weighted by atomic mass is 19.2. The molecule has 25 heavy (non-hydrogen) atoms. The highest BCUT2D eigenvalue weighted by Gasteiger charge is 2.53. The third-order valence-electron chi connectivity index (χ3n) is 6.16. The molecule has 0 aliphatic heterocycles. The minimum atomic E-state index is -1.79. The van der Waals surface area contributed by atoms with Crippen LogP contribution in [0.25, 0.3) is 0 Å². The normalized spacial score (nSPS) is 39.8. The van der Waals surface area contributed by atoms with E-state index in [4.69, 9.17) is 9.47 Å². The molecule has 2 saturated carbocycles. The molecule has 2 aliphatic rings. The molecule has 2 nitrogen and oxygen atoms in total. The fraction of sp³-hybridized carbons (Fsp3) is 1.00. The molecule has 2 rings (SSSR count). The van der Waals surface area contributed by atoms with Crippen molar-refractivity contribution < 1.29 is 22.6 Å². The summed E-state index contributed by atoms with van der Waals surface area (Å²) in [7, 11) is 1.44. The van der Waals surface area contributed by atoms with Crippen LogP contribution in [0.1, 0.15) is 65.2 Å². The van der Waals surface area contributed by atoms with Crippen LogP contribution in [0.4, 0.5) is 13.2 Å². The van der Waals surface area contributed by atoms with Gasteiger partial charge in [-0.05, 0) is 37.5 Å². The molecule has 0 saturated heterocycles. The summed E-state index contributed by atoms with van der Waals surface area (Å²) in [5.41, 5.74) is 0. The van der Waals surface area contributed by atoms with Crippen LogP contribution in [0.3, 0.4) is 0 Å². The van der Waals surface area contributed by atoms with Gasteiger partial charge in [0.15, 0.2) is 6.17 Å². The number of rotatable bonds is 9. The van der Waals surface area contributed by atoms with Gasteiger partial charge in [-0.3, -0.25) is 0 Å². The van der Waals surface area contributed by atoms with Gasteiger partial charge in [0.2, 0.25) is 0 Å². The molecular formula is C20H35F3O2. The van der Waals surface area contributed by atoms with Crippen molar-refractivity contribution in [2.45, 2.75) is 95.9 Å². The van der Waals surface area contributed by atoms with Crippen LogP contribution >= 0.6 is 0 Å². The van der Waals surface area contributed by atoms with E-state index in [2.05, 4.69) is 13.8 Å². The number of methoxy groups -OCH3 is 1. The maximum Gasteiger partial charge on any atom is 0.157 e. The van der Waals surface area contributed by atoms with Crippen LogP contribution < -0.4 is 0 Å². The summed E-state index contributed by atoms with van der Waals surface area (Å²) in [5, 5.41) is 0. The molecule has 0 bridgehead atoms. The third kappa shape index (κ3) is 5.35. The second-order valence-electron chi connectivity index (χ2n) is 8.06. The Morgan fingerprint density at radius 3 is 2.40 bits per heavy atom. The summed E-state index contributed by atoms with van der Waals surface area (Å²) in [6, 6.07) is 0. The molecule has 0 aromatic rings. The summed E-state index contributed by atoms with van der Waals surface area (Å²) in [5.74, 6) is -0.316. The molecule has 0 radical (unpaired) electrons. The Labute approximate surface area is 150 Å². The molecule has 2 fully saturated rings. The molecule has 8 unspecified atom stereocenters. The zero-order chi connectivity index (χ0) is 18.4. The quantitative estimate of drug-likeness (QED) is 0.507. The highest BCUT2D eigenvalue weighted by Crippen LogP contribution is 2.46. The molecule has 0 amide bonds. The lowest BCUT2D eigenvalue weighted by Gasteiger charge is -2.46. The van der Waals surface area contributed by atoms with E-state index in [1.807, 2.05) is 0 Å². The van der Waals surface area contributed by atoms with Gasteiger partial charge in [-0.1, -0.05) is 39.5 Å². The van der Waals surface area contributed by atoms with Crippen molar-refractivity contribution in [2.24, 2.45) is 17.8 Å². The lowest BCUT2D eigenvalue weighted by molar-refractivity contribution is -0.146. The van der Waals surface area contributed by atoms with Crippen LogP contribution in [-0.4, -0.2) is 44.4 Å². The maximum atomic E-state index is 14.5. The van der Waals surface area contributed by atoms with Gasteiger partial charge in [-0.25, -0.2) is 13.2 Å². The molecule has 148 valence electrons. The number of ether oxygens (including phenoxy) is 2. The second-order valence-corrected chi connectivity index (χ2v) is 8.06. The molecule has 0 N–H and O–H groups in total. The smallest absolute Gasteiger partial charge is 0.157 e. The molecular weight excluding hydrogens is 329 g/mol. The van der Waals surface area contributed by atoms with Crippen LogP contribution in [-0.2, 0) is 9.47 Å². The van der Waals surface area contributed by atoms with Gasteiger partial charge in [0.1, 0.15) is 12.3 Å². The first kappa shape index (κ1) is 21.0. The molecule has 5 heteroatoms. The van der Waals surface area contributed by atoms with Gasteiger partial charge < -0.3 is 9.47 Å². The average molecular weight is 364 g/mol. The zero-order valence-corrected chi connectivity index (χ0v) is 15.9. The summed E-state index contributed by atoms with van der Waals surface area (Å²) in [6.07, 6.45) is 0.930. The summed E-state index contributed by atoms with van der Waals surface area (Å²) in [4.78, 5) is 0.